The lowest BCUT2D eigenvalue weighted by Crippen LogP contribution is -2.38. The minimum atomic E-state index is -0.674. The Morgan fingerprint density at radius 1 is 0.815 bits per heavy atom. The van der Waals surface area contributed by atoms with Crippen molar-refractivity contribution in [1.82, 2.24) is 29.5 Å². The van der Waals surface area contributed by atoms with Crippen molar-refractivity contribution < 1.29 is 4.74 Å². The van der Waals surface area contributed by atoms with Crippen molar-refractivity contribution in [2.45, 2.75) is 18.7 Å². The van der Waals surface area contributed by atoms with Gasteiger partial charge in [-0.25, -0.2) is 19.3 Å². The molecule has 7 nitrogen and oxygen atoms in total. The Labute approximate surface area is 157 Å². The van der Waals surface area contributed by atoms with E-state index in [1.165, 1.54) is 12.7 Å². The standard InChI is InChI=1S/C20H20N6O/c1-27-20(11-25-15-21-13-23-25,12-26-16-22-14-24-26)19-9-5-8-18(10-19)17-6-3-2-4-7-17/h2-10,13-16H,11-12H2,1H3. The highest BCUT2D eigenvalue weighted by molar-refractivity contribution is 5.64. The fourth-order valence-electron chi connectivity index (χ4n) is 3.24. The molecule has 0 unspecified atom stereocenters. The molecule has 2 aromatic carbocycles. The average molecular weight is 360 g/mol. The van der Waals surface area contributed by atoms with Crippen molar-refractivity contribution in [2.75, 3.05) is 7.11 Å². The minimum absolute atomic E-state index is 0.502. The highest BCUT2D eigenvalue weighted by Gasteiger charge is 2.34. The zero-order chi connectivity index (χ0) is 18.5. The highest BCUT2D eigenvalue weighted by Crippen LogP contribution is 2.32. The molecule has 7 heteroatoms. The van der Waals surface area contributed by atoms with Gasteiger partial charge in [-0.15, -0.1) is 0 Å². The molecule has 0 amide bonds. The fraction of sp³-hybridized carbons (Fsp3) is 0.200. The molecule has 4 rings (SSSR count). The van der Waals surface area contributed by atoms with Gasteiger partial charge in [0.25, 0.3) is 0 Å². The van der Waals surface area contributed by atoms with Crippen LogP contribution in [-0.2, 0) is 23.4 Å². The Balaban J connectivity index is 1.77. The van der Waals surface area contributed by atoms with Crippen LogP contribution in [0, 0.1) is 0 Å². The molecule has 136 valence electrons. The second-order valence-corrected chi connectivity index (χ2v) is 6.33. The van der Waals surface area contributed by atoms with E-state index in [4.69, 9.17) is 4.74 Å². The molecule has 0 spiro atoms. The van der Waals surface area contributed by atoms with Gasteiger partial charge in [-0.2, -0.15) is 10.2 Å². The number of benzene rings is 2. The third-order valence-corrected chi connectivity index (χ3v) is 4.65. The largest absolute Gasteiger partial charge is 0.370 e. The number of hydrogen-bond donors (Lipinski definition) is 0. The third kappa shape index (κ3) is 3.63. The van der Waals surface area contributed by atoms with E-state index >= 15 is 0 Å². The molecule has 0 aliphatic rings. The predicted molar refractivity (Wildman–Crippen MR) is 101 cm³/mol. The maximum atomic E-state index is 6.08. The highest BCUT2D eigenvalue weighted by atomic mass is 16.5. The summed E-state index contributed by atoms with van der Waals surface area (Å²) in [4.78, 5) is 8.12. The SMILES string of the molecule is COC(Cn1cncn1)(Cn1cncn1)c1cccc(-c2ccccc2)c1. The molecule has 0 aliphatic carbocycles. The number of methoxy groups -OCH3 is 1. The first-order valence-electron chi connectivity index (χ1n) is 8.65. The Morgan fingerprint density at radius 3 is 2.00 bits per heavy atom. The molecule has 2 aromatic heterocycles. The summed E-state index contributed by atoms with van der Waals surface area (Å²) in [6.45, 7) is 1.00. The van der Waals surface area contributed by atoms with E-state index < -0.39 is 5.60 Å². The van der Waals surface area contributed by atoms with Gasteiger partial charge in [-0.1, -0.05) is 48.5 Å². The molecular weight excluding hydrogens is 340 g/mol. The topological polar surface area (TPSA) is 70.7 Å². The van der Waals surface area contributed by atoms with Crippen LogP contribution in [0.5, 0.6) is 0 Å². The van der Waals surface area contributed by atoms with Gasteiger partial charge in [0, 0.05) is 7.11 Å². The quantitative estimate of drug-likeness (QED) is 0.507. The second-order valence-electron chi connectivity index (χ2n) is 6.33. The Bertz CT molecular complexity index is 931. The molecule has 0 radical (unpaired) electrons. The van der Waals surface area contributed by atoms with Crippen LogP contribution in [0.1, 0.15) is 5.56 Å². The summed E-state index contributed by atoms with van der Waals surface area (Å²) in [5.41, 5.74) is 2.65. The number of rotatable bonds is 7. The number of aromatic nitrogens is 6. The number of nitrogens with zero attached hydrogens (tertiary/aromatic N) is 6. The van der Waals surface area contributed by atoms with Gasteiger partial charge in [0.05, 0.1) is 13.1 Å². The Morgan fingerprint density at radius 2 is 1.44 bits per heavy atom. The van der Waals surface area contributed by atoms with E-state index in [-0.39, 0.29) is 0 Å². The summed E-state index contributed by atoms with van der Waals surface area (Å²) in [7, 11) is 1.71. The van der Waals surface area contributed by atoms with E-state index in [1.54, 1.807) is 29.1 Å². The Kier molecular flexibility index (Phi) is 4.76. The van der Waals surface area contributed by atoms with Crippen LogP contribution >= 0.6 is 0 Å². The van der Waals surface area contributed by atoms with E-state index in [0.717, 1.165) is 16.7 Å². The van der Waals surface area contributed by atoms with Gasteiger partial charge in [0.15, 0.2) is 0 Å². The van der Waals surface area contributed by atoms with Crippen LogP contribution in [0.25, 0.3) is 11.1 Å². The molecule has 0 saturated heterocycles. The van der Waals surface area contributed by atoms with Crippen molar-refractivity contribution in [3.05, 3.63) is 85.5 Å². The van der Waals surface area contributed by atoms with Crippen molar-refractivity contribution in [3.63, 3.8) is 0 Å². The van der Waals surface area contributed by atoms with Crippen molar-refractivity contribution in [1.29, 1.82) is 0 Å². The van der Waals surface area contributed by atoms with Gasteiger partial charge in [0.1, 0.15) is 30.9 Å². The van der Waals surface area contributed by atoms with Gasteiger partial charge < -0.3 is 4.74 Å². The predicted octanol–water partition coefficient (Wildman–Crippen LogP) is 2.78. The van der Waals surface area contributed by atoms with Gasteiger partial charge in [-0.05, 0) is 22.8 Å². The second kappa shape index (κ2) is 7.51. The first-order chi connectivity index (χ1) is 13.3. The summed E-state index contributed by atoms with van der Waals surface area (Å²) < 4.78 is 9.63. The lowest BCUT2D eigenvalue weighted by atomic mass is 9.90. The van der Waals surface area contributed by atoms with E-state index in [2.05, 4.69) is 50.5 Å². The summed E-state index contributed by atoms with van der Waals surface area (Å²) >= 11 is 0. The molecule has 2 heterocycles. The zero-order valence-electron chi connectivity index (χ0n) is 15.0. The smallest absolute Gasteiger partial charge is 0.137 e. The zero-order valence-corrected chi connectivity index (χ0v) is 15.0. The molecule has 0 fully saturated rings. The molecule has 0 bridgehead atoms. The van der Waals surface area contributed by atoms with E-state index in [0.29, 0.717) is 13.1 Å². The van der Waals surface area contributed by atoms with Gasteiger partial charge in [0.2, 0.25) is 0 Å². The van der Waals surface area contributed by atoms with Gasteiger partial charge in [-0.3, -0.25) is 0 Å². The fourth-order valence-corrected chi connectivity index (χ4v) is 3.24. The van der Waals surface area contributed by atoms with Crippen LogP contribution in [0.4, 0.5) is 0 Å². The van der Waals surface area contributed by atoms with Crippen LogP contribution in [-0.4, -0.2) is 36.6 Å². The normalized spacial score (nSPS) is 11.6. The summed E-state index contributed by atoms with van der Waals surface area (Å²) in [5, 5.41) is 8.53. The van der Waals surface area contributed by atoms with E-state index in [1.807, 2.05) is 24.3 Å². The van der Waals surface area contributed by atoms with Crippen LogP contribution in [0.2, 0.25) is 0 Å². The average Bonchev–Trinajstić information content (AvgIpc) is 3.42. The summed E-state index contributed by atoms with van der Waals surface area (Å²) in [6, 6.07) is 18.7. The molecule has 27 heavy (non-hydrogen) atoms. The maximum absolute atomic E-state index is 6.08. The molecule has 4 aromatic rings. The first kappa shape index (κ1) is 17.1. The minimum Gasteiger partial charge on any atom is -0.370 e. The number of ether oxygens (including phenoxy) is 1. The van der Waals surface area contributed by atoms with E-state index in [9.17, 15) is 0 Å². The Hall–Kier alpha value is -3.32. The lowest BCUT2D eigenvalue weighted by molar-refractivity contribution is -0.0485. The summed E-state index contributed by atoms with van der Waals surface area (Å²) in [5.74, 6) is 0. The first-order valence-corrected chi connectivity index (χ1v) is 8.65. The third-order valence-electron chi connectivity index (χ3n) is 4.65. The molecule has 0 N–H and O–H groups in total. The van der Waals surface area contributed by atoms with Crippen molar-refractivity contribution in [2.24, 2.45) is 0 Å². The monoisotopic (exact) mass is 360 g/mol. The molecule has 0 atom stereocenters. The number of hydrogen-bond acceptors (Lipinski definition) is 5. The molecule has 0 aliphatic heterocycles. The van der Waals surface area contributed by atoms with Crippen LogP contribution < -0.4 is 0 Å². The van der Waals surface area contributed by atoms with Crippen molar-refractivity contribution >= 4 is 0 Å². The lowest BCUT2D eigenvalue weighted by Gasteiger charge is -2.33. The summed E-state index contributed by atoms with van der Waals surface area (Å²) in [6.07, 6.45) is 6.43. The van der Waals surface area contributed by atoms with Crippen molar-refractivity contribution in [3.8, 4) is 11.1 Å². The van der Waals surface area contributed by atoms with Crippen LogP contribution in [0.15, 0.2) is 79.9 Å². The molecule has 0 saturated carbocycles. The van der Waals surface area contributed by atoms with Crippen LogP contribution in [0.3, 0.4) is 0 Å². The molecular formula is C20H20N6O. The van der Waals surface area contributed by atoms with Gasteiger partial charge >= 0.3 is 0 Å². The maximum Gasteiger partial charge on any atom is 0.137 e.